The normalized spacial score (nSPS) is 11.5. The molecule has 1 N–H and O–H groups in total. The highest BCUT2D eigenvalue weighted by Crippen LogP contribution is 2.07. The lowest BCUT2D eigenvalue weighted by atomic mass is 10.2. The molecular weight excluding hydrogens is 258 g/mol. The van der Waals surface area contributed by atoms with E-state index in [-0.39, 0.29) is 18.6 Å². The number of nitrogens with one attached hydrogen (secondary N) is 1. The molecular formula is C15H21NO4. The third kappa shape index (κ3) is 5.73. The summed E-state index contributed by atoms with van der Waals surface area (Å²) in [6.07, 6.45) is 0.698. The Morgan fingerprint density at radius 3 is 2.50 bits per heavy atom. The number of carbonyl (C=O) groups is 2. The van der Waals surface area contributed by atoms with Gasteiger partial charge in [0.25, 0.3) is 0 Å². The van der Waals surface area contributed by atoms with E-state index in [0.29, 0.717) is 18.6 Å². The van der Waals surface area contributed by atoms with Crippen LogP contribution in [0, 0.1) is 0 Å². The number of esters is 1. The quantitative estimate of drug-likeness (QED) is 0.779. The van der Waals surface area contributed by atoms with Gasteiger partial charge in [-0.3, -0.25) is 0 Å². The molecule has 5 heteroatoms. The smallest absolute Gasteiger partial charge is 0.407 e. The van der Waals surface area contributed by atoms with Crippen molar-refractivity contribution in [3.8, 4) is 0 Å². The molecule has 0 aliphatic rings. The van der Waals surface area contributed by atoms with E-state index >= 15 is 0 Å². The molecule has 1 atom stereocenters. The summed E-state index contributed by atoms with van der Waals surface area (Å²) in [6.45, 7) is 4.30. The maximum absolute atomic E-state index is 11.9. The van der Waals surface area contributed by atoms with E-state index in [9.17, 15) is 9.59 Å². The van der Waals surface area contributed by atoms with Crippen molar-refractivity contribution in [1.29, 1.82) is 0 Å². The molecule has 0 aliphatic carbocycles. The molecule has 0 spiro atoms. The highest BCUT2D eigenvalue weighted by atomic mass is 16.6. The van der Waals surface area contributed by atoms with Crippen LogP contribution in [0.1, 0.15) is 37.0 Å². The second-order valence-electron chi connectivity index (χ2n) is 4.28. The van der Waals surface area contributed by atoms with Gasteiger partial charge in [-0.2, -0.15) is 0 Å². The summed E-state index contributed by atoms with van der Waals surface area (Å²) in [5.41, 5.74) is 0.504. The second kappa shape index (κ2) is 8.96. The molecule has 1 aromatic rings. The van der Waals surface area contributed by atoms with E-state index in [1.54, 1.807) is 31.2 Å². The van der Waals surface area contributed by atoms with Gasteiger partial charge in [0.05, 0.1) is 18.7 Å². The summed E-state index contributed by atoms with van der Waals surface area (Å²) in [5.74, 6) is -0.380. The predicted octanol–water partition coefficient (Wildman–Crippen LogP) is 2.76. The summed E-state index contributed by atoms with van der Waals surface area (Å²) in [5, 5.41) is 2.59. The van der Waals surface area contributed by atoms with Crippen molar-refractivity contribution in [2.45, 2.75) is 32.8 Å². The molecule has 1 rings (SSSR count). The average Bonchev–Trinajstić information content (AvgIpc) is 2.46. The van der Waals surface area contributed by atoms with Crippen LogP contribution >= 0.6 is 0 Å². The Bertz CT molecular complexity index is 419. The molecule has 0 heterocycles. The summed E-state index contributed by atoms with van der Waals surface area (Å²) in [4.78, 5) is 23.2. The molecule has 0 aromatic heterocycles. The zero-order valence-corrected chi connectivity index (χ0v) is 11.9. The number of hydrogen-bond donors (Lipinski definition) is 1. The van der Waals surface area contributed by atoms with E-state index in [2.05, 4.69) is 5.32 Å². The predicted molar refractivity (Wildman–Crippen MR) is 75.6 cm³/mol. The summed E-state index contributed by atoms with van der Waals surface area (Å²) in [7, 11) is 0. The molecule has 5 nitrogen and oxygen atoms in total. The van der Waals surface area contributed by atoms with Crippen LogP contribution in [-0.2, 0) is 9.47 Å². The number of alkyl carbamates (subject to hydrolysis) is 1. The maximum atomic E-state index is 11.9. The molecule has 0 saturated carbocycles. The zero-order valence-electron chi connectivity index (χ0n) is 11.9. The highest BCUT2D eigenvalue weighted by molar-refractivity contribution is 5.89. The van der Waals surface area contributed by atoms with E-state index in [1.165, 1.54) is 0 Å². The molecule has 20 heavy (non-hydrogen) atoms. The number of amides is 1. The summed E-state index contributed by atoms with van der Waals surface area (Å²) >= 11 is 0. The summed E-state index contributed by atoms with van der Waals surface area (Å²) < 4.78 is 10.2. The monoisotopic (exact) mass is 279 g/mol. The van der Waals surface area contributed by atoms with Gasteiger partial charge in [-0.05, 0) is 25.5 Å². The molecule has 0 radical (unpaired) electrons. The first-order chi connectivity index (χ1) is 9.67. The largest absolute Gasteiger partial charge is 0.457 e. The first-order valence-electron chi connectivity index (χ1n) is 6.84. The maximum Gasteiger partial charge on any atom is 0.407 e. The van der Waals surface area contributed by atoms with Gasteiger partial charge in [-0.1, -0.05) is 31.5 Å². The van der Waals surface area contributed by atoms with Crippen molar-refractivity contribution < 1.29 is 19.1 Å². The zero-order chi connectivity index (χ0) is 14.8. The van der Waals surface area contributed by atoms with Crippen LogP contribution in [-0.4, -0.2) is 31.3 Å². The summed E-state index contributed by atoms with van der Waals surface area (Å²) in [6, 6.07) is 8.79. The van der Waals surface area contributed by atoms with Crippen LogP contribution in [0.3, 0.4) is 0 Å². The Morgan fingerprint density at radius 2 is 1.90 bits per heavy atom. The van der Waals surface area contributed by atoms with E-state index < -0.39 is 6.09 Å². The Labute approximate surface area is 119 Å². The van der Waals surface area contributed by atoms with Gasteiger partial charge >= 0.3 is 12.1 Å². The lowest BCUT2D eigenvalue weighted by molar-refractivity contribution is 0.0277. The molecule has 0 saturated heterocycles. The van der Waals surface area contributed by atoms with Crippen molar-refractivity contribution in [2.75, 3.05) is 13.2 Å². The lowest BCUT2D eigenvalue weighted by Gasteiger charge is -2.17. The van der Waals surface area contributed by atoms with E-state index in [1.807, 2.05) is 13.0 Å². The third-order valence-electron chi connectivity index (χ3n) is 2.64. The van der Waals surface area contributed by atoms with Crippen LogP contribution < -0.4 is 5.32 Å². The fraction of sp³-hybridized carbons (Fsp3) is 0.467. The van der Waals surface area contributed by atoms with E-state index in [0.717, 1.165) is 6.42 Å². The van der Waals surface area contributed by atoms with Gasteiger partial charge in [-0.25, -0.2) is 9.59 Å². The fourth-order valence-electron chi connectivity index (χ4n) is 1.70. The van der Waals surface area contributed by atoms with Crippen molar-refractivity contribution in [3.63, 3.8) is 0 Å². The molecule has 0 bridgehead atoms. The molecule has 1 aromatic carbocycles. The van der Waals surface area contributed by atoms with Crippen molar-refractivity contribution >= 4 is 12.1 Å². The molecule has 0 fully saturated rings. The van der Waals surface area contributed by atoms with Crippen LogP contribution in [0.5, 0.6) is 0 Å². The minimum Gasteiger partial charge on any atom is -0.457 e. The Morgan fingerprint density at radius 1 is 1.20 bits per heavy atom. The third-order valence-corrected chi connectivity index (χ3v) is 2.64. The Kier molecular flexibility index (Phi) is 7.17. The number of hydrogen-bond acceptors (Lipinski definition) is 4. The SMILES string of the molecule is CCCC(CNC(=O)OCC)OC(=O)c1ccccc1. The van der Waals surface area contributed by atoms with Gasteiger partial charge in [0, 0.05) is 0 Å². The van der Waals surface area contributed by atoms with Crippen LogP contribution in [0.4, 0.5) is 4.79 Å². The first-order valence-corrected chi connectivity index (χ1v) is 6.84. The number of carbonyl (C=O) groups excluding carboxylic acids is 2. The average molecular weight is 279 g/mol. The topological polar surface area (TPSA) is 64.6 Å². The number of ether oxygens (including phenoxy) is 2. The minimum atomic E-state index is -0.496. The van der Waals surface area contributed by atoms with Gasteiger partial charge in [0.1, 0.15) is 6.10 Å². The highest BCUT2D eigenvalue weighted by Gasteiger charge is 2.16. The van der Waals surface area contributed by atoms with Gasteiger partial charge in [0.2, 0.25) is 0 Å². The second-order valence-corrected chi connectivity index (χ2v) is 4.28. The van der Waals surface area contributed by atoms with Crippen molar-refractivity contribution in [2.24, 2.45) is 0 Å². The molecule has 110 valence electrons. The van der Waals surface area contributed by atoms with Gasteiger partial charge < -0.3 is 14.8 Å². The fourth-order valence-corrected chi connectivity index (χ4v) is 1.70. The van der Waals surface area contributed by atoms with Gasteiger partial charge in [0.15, 0.2) is 0 Å². The first kappa shape index (κ1) is 16.0. The minimum absolute atomic E-state index is 0.255. The molecule has 1 unspecified atom stereocenters. The van der Waals surface area contributed by atoms with Crippen LogP contribution in [0.2, 0.25) is 0 Å². The Hall–Kier alpha value is -2.04. The standard InChI is InChI=1S/C15H21NO4/c1-3-8-13(11-16-15(18)19-4-2)20-14(17)12-9-6-5-7-10-12/h5-7,9-10,13H,3-4,8,11H2,1-2H3,(H,16,18). The van der Waals surface area contributed by atoms with Crippen molar-refractivity contribution in [3.05, 3.63) is 35.9 Å². The van der Waals surface area contributed by atoms with E-state index in [4.69, 9.17) is 9.47 Å². The molecule has 0 aliphatic heterocycles. The van der Waals surface area contributed by atoms with Crippen LogP contribution in [0.15, 0.2) is 30.3 Å². The number of benzene rings is 1. The number of rotatable bonds is 7. The Balaban J connectivity index is 2.50. The lowest BCUT2D eigenvalue weighted by Crippen LogP contribution is -2.35. The van der Waals surface area contributed by atoms with Crippen molar-refractivity contribution in [1.82, 2.24) is 5.32 Å². The molecule has 1 amide bonds. The van der Waals surface area contributed by atoms with Gasteiger partial charge in [-0.15, -0.1) is 0 Å². The van der Waals surface area contributed by atoms with Crippen LogP contribution in [0.25, 0.3) is 0 Å².